The smallest absolute Gasteiger partial charge is 0.0779 e. The summed E-state index contributed by atoms with van der Waals surface area (Å²) >= 11 is 5.48. The predicted molar refractivity (Wildman–Crippen MR) is 83.9 cm³/mol. The molecular weight excluding hydrogens is 276 g/mol. The normalized spacial score (nSPS) is 10.4. The zero-order valence-corrected chi connectivity index (χ0v) is 11.9. The van der Waals surface area contributed by atoms with Crippen LogP contribution in [0.15, 0.2) is 60.7 Å². The van der Waals surface area contributed by atoms with Crippen LogP contribution in [0.4, 0.5) is 0 Å². The van der Waals surface area contributed by atoms with Gasteiger partial charge >= 0.3 is 0 Å². The molecule has 0 atom stereocenters. The fourth-order valence-corrected chi connectivity index (χ4v) is 4.81. The van der Waals surface area contributed by atoms with Crippen molar-refractivity contribution in [2.45, 2.75) is 0 Å². The number of rotatable bonds is 2. The lowest BCUT2D eigenvalue weighted by molar-refractivity contribution is 1.65. The van der Waals surface area contributed by atoms with Crippen molar-refractivity contribution in [1.29, 1.82) is 0 Å². The average molecular weight is 286 g/mol. The standard InChI is InChI=1S/C15H10S3/c16-15-13(11-7-3-1-4-8-11)14(17-18-15)12-9-5-2-6-10-12/h1-10H. The van der Waals surface area contributed by atoms with E-state index < -0.39 is 0 Å². The summed E-state index contributed by atoms with van der Waals surface area (Å²) < 4.78 is 0.977. The summed E-state index contributed by atoms with van der Waals surface area (Å²) in [4.78, 5) is 1.27. The van der Waals surface area contributed by atoms with Crippen LogP contribution < -0.4 is 0 Å². The molecule has 0 aliphatic carbocycles. The van der Waals surface area contributed by atoms with E-state index in [1.165, 1.54) is 21.6 Å². The zero-order valence-electron chi connectivity index (χ0n) is 9.50. The Kier molecular flexibility index (Phi) is 3.37. The second kappa shape index (κ2) is 5.14. The Bertz CT molecular complexity index is 693. The molecule has 0 saturated heterocycles. The van der Waals surface area contributed by atoms with Gasteiger partial charge in [-0.3, -0.25) is 0 Å². The molecule has 0 aliphatic heterocycles. The molecule has 0 unspecified atom stereocenters. The first-order valence-electron chi connectivity index (χ1n) is 5.60. The van der Waals surface area contributed by atoms with E-state index in [1.807, 2.05) is 12.1 Å². The molecule has 88 valence electrons. The SMILES string of the molecule is S=c1ssc(-c2ccccc2)c1-c1ccccc1. The van der Waals surface area contributed by atoms with E-state index in [0.29, 0.717) is 0 Å². The first-order chi connectivity index (χ1) is 8.86. The van der Waals surface area contributed by atoms with Crippen LogP contribution in [0.1, 0.15) is 0 Å². The third-order valence-electron chi connectivity index (χ3n) is 2.73. The third kappa shape index (κ3) is 2.17. The Labute approximate surface area is 119 Å². The van der Waals surface area contributed by atoms with Crippen LogP contribution in [-0.4, -0.2) is 0 Å². The fraction of sp³-hybridized carbons (Fsp3) is 0. The topological polar surface area (TPSA) is 0 Å². The highest BCUT2D eigenvalue weighted by Gasteiger charge is 2.11. The van der Waals surface area contributed by atoms with Crippen molar-refractivity contribution in [2.75, 3.05) is 0 Å². The van der Waals surface area contributed by atoms with Gasteiger partial charge in [-0.2, -0.15) is 0 Å². The number of hydrogen-bond acceptors (Lipinski definition) is 3. The van der Waals surface area contributed by atoms with E-state index in [9.17, 15) is 0 Å². The molecule has 0 fully saturated rings. The van der Waals surface area contributed by atoms with E-state index in [4.69, 9.17) is 12.2 Å². The van der Waals surface area contributed by atoms with Gasteiger partial charge in [0.15, 0.2) is 0 Å². The maximum absolute atomic E-state index is 5.48. The summed E-state index contributed by atoms with van der Waals surface area (Å²) in [5, 5.41) is 0. The Hall–Kier alpha value is -1.29. The van der Waals surface area contributed by atoms with E-state index in [-0.39, 0.29) is 0 Å². The van der Waals surface area contributed by atoms with Crippen LogP contribution in [0.25, 0.3) is 21.6 Å². The maximum atomic E-state index is 5.48. The quantitative estimate of drug-likeness (QED) is 0.419. The Balaban J connectivity index is 2.23. The molecular formula is C15H10S3. The molecule has 0 amide bonds. The molecule has 0 N–H and O–H groups in total. The highest BCUT2D eigenvalue weighted by atomic mass is 32.9. The minimum atomic E-state index is 0.977. The van der Waals surface area contributed by atoms with Crippen LogP contribution in [-0.2, 0) is 0 Å². The van der Waals surface area contributed by atoms with Gasteiger partial charge in [-0.15, -0.1) is 0 Å². The van der Waals surface area contributed by atoms with Crippen LogP contribution in [0.5, 0.6) is 0 Å². The fourth-order valence-electron chi connectivity index (χ4n) is 1.89. The zero-order chi connectivity index (χ0) is 12.4. The van der Waals surface area contributed by atoms with Gasteiger partial charge in [0, 0.05) is 5.56 Å². The first kappa shape index (κ1) is 11.8. The minimum absolute atomic E-state index is 0.977. The van der Waals surface area contributed by atoms with Crippen LogP contribution in [0.3, 0.4) is 0 Å². The first-order valence-corrected chi connectivity index (χ1v) is 8.16. The van der Waals surface area contributed by atoms with Gasteiger partial charge in [0.1, 0.15) is 3.82 Å². The Morgan fingerprint density at radius 2 is 1.22 bits per heavy atom. The Morgan fingerprint density at radius 3 is 1.83 bits per heavy atom. The molecule has 0 spiro atoms. The van der Waals surface area contributed by atoms with Gasteiger partial charge in [-0.05, 0) is 11.1 Å². The summed E-state index contributed by atoms with van der Waals surface area (Å²) in [6.07, 6.45) is 0. The third-order valence-corrected chi connectivity index (χ3v) is 5.80. The van der Waals surface area contributed by atoms with E-state index >= 15 is 0 Å². The van der Waals surface area contributed by atoms with Crippen molar-refractivity contribution in [1.82, 2.24) is 0 Å². The lowest BCUT2D eigenvalue weighted by Crippen LogP contribution is -1.79. The van der Waals surface area contributed by atoms with E-state index in [0.717, 1.165) is 3.82 Å². The van der Waals surface area contributed by atoms with Gasteiger partial charge in [0.05, 0.1) is 4.88 Å². The molecule has 0 aliphatic rings. The molecule has 0 nitrogen and oxygen atoms in total. The molecule has 0 radical (unpaired) electrons. The summed E-state index contributed by atoms with van der Waals surface area (Å²) in [5.41, 5.74) is 3.65. The second-order valence-corrected chi connectivity index (χ2v) is 6.71. The molecule has 0 saturated carbocycles. The Morgan fingerprint density at radius 1 is 0.667 bits per heavy atom. The molecule has 0 bridgehead atoms. The van der Waals surface area contributed by atoms with Gasteiger partial charge in [-0.1, -0.05) is 93.6 Å². The highest BCUT2D eigenvalue weighted by molar-refractivity contribution is 7.80. The summed E-state index contributed by atoms with van der Waals surface area (Å²) in [5.74, 6) is 0. The molecule has 1 aromatic heterocycles. The van der Waals surface area contributed by atoms with Gasteiger partial charge in [-0.25, -0.2) is 0 Å². The van der Waals surface area contributed by atoms with Crippen molar-refractivity contribution in [2.24, 2.45) is 0 Å². The monoisotopic (exact) mass is 286 g/mol. The number of benzene rings is 2. The summed E-state index contributed by atoms with van der Waals surface area (Å²) in [6, 6.07) is 20.8. The van der Waals surface area contributed by atoms with Crippen LogP contribution in [0.2, 0.25) is 0 Å². The molecule has 2 aromatic carbocycles. The largest absolute Gasteiger partial charge is 0.110 e. The molecule has 3 heteroatoms. The predicted octanol–water partition coefficient (Wildman–Crippen LogP) is 5.87. The molecule has 18 heavy (non-hydrogen) atoms. The van der Waals surface area contributed by atoms with Crippen molar-refractivity contribution in [3.05, 3.63) is 64.5 Å². The lowest BCUT2D eigenvalue weighted by Gasteiger charge is -2.03. The van der Waals surface area contributed by atoms with Crippen molar-refractivity contribution in [3.8, 4) is 21.6 Å². The highest BCUT2D eigenvalue weighted by Crippen LogP contribution is 2.40. The second-order valence-electron chi connectivity index (χ2n) is 3.89. The minimum Gasteiger partial charge on any atom is -0.0779 e. The maximum Gasteiger partial charge on any atom is 0.110 e. The van der Waals surface area contributed by atoms with E-state index in [2.05, 4.69) is 48.5 Å². The summed E-state index contributed by atoms with van der Waals surface area (Å²) in [6.45, 7) is 0. The number of hydrogen-bond donors (Lipinski definition) is 0. The molecule has 3 aromatic rings. The molecule has 3 rings (SSSR count). The average Bonchev–Trinajstić information content (AvgIpc) is 2.83. The van der Waals surface area contributed by atoms with Crippen molar-refractivity contribution in [3.63, 3.8) is 0 Å². The van der Waals surface area contributed by atoms with Gasteiger partial charge in [0.2, 0.25) is 0 Å². The van der Waals surface area contributed by atoms with E-state index in [1.54, 1.807) is 20.7 Å². The van der Waals surface area contributed by atoms with Gasteiger partial charge < -0.3 is 0 Å². The van der Waals surface area contributed by atoms with Gasteiger partial charge in [0.25, 0.3) is 0 Å². The lowest BCUT2D eigenvalue weighted by atomic mass is 10.0. The van der Waals surface area contributed by atoms with Crippen molar-refractivity contribution < 1.29 is 0 Å². The van der Waals surface area contributed by atoms with Crippen LogP contribution >= 0.6 is 32.9 Å². The van der Waals surface area contributed by atoms with Crippen LogP contribution in [0, 0.1) is 3.82 Å². The molecule has 1 heterocycles. The van der Waals surface area contributed by atoms with Crippen molar-refractivity contribution >= 4 is 32.9 Å². The summed E-state index contributed by atoms with van der Waals surface area (Å²) in [7, 11) is 3.44.